The van der Waals surface area contributed by atoms with Gasteiger partial charge in [0.05, 0.1) is 6.67 Å². The third kappa shape index (κ3) is 3.43. The normalized spacial score (nSPS) is 25.9. The van der Waals surface area contributed by atoms with Crippen molar-refractivity contribution in [1.82, 2.24) is 15.1 Å². The molecule has 0 radical (unpaired) electrons. The van der Waals surface area contributed by atoms with E-state index >= 15 is 0 Å². The number of carbonyl (C=O) groups excluding carboxylic acids is 2. The van der Waals surface area contributed by atoms with Crippen LogP contribution in [-0.4, -0.2) is 55.1 Å². The van der Waals surface area contributed by atoms with Crippen molar-refractivity contribution in [3.63, 3.8) is 0 Å². The molecule has 3 rings (SSSR count). The van der Waals surface area contributed by atoms with Crippen molar-refractivity contribution >= 4 is 17.6 Å². The van der Waals surface area contributed by atoms with Crippen LogP contribution in [0.15, 0.2) is 24.3 Å². The fraction of sp³-hybridized carbons (Fsp3) is 0.600. The molecule has 1 heterocycles. The fourth-order valence-electron chi connectivity index (χ4n) is 4.13. The monoisotopic (exact) mass is 358 g/mol. The highest BCUT2D eigenvalue weighted by Gasteiger charge is 2.54. The molecule has 3 amide bonds. The Hall–Kier alpha value is -2.08. The Kier molecular flexibility index (Phi) is 5.23. The molecular formula is C20H30N4O2. The number of nitrogens with zero attached hydrogens (tertiary/aromatic N) is 3. The summed E-state index contributed by atoms with van der Waals surface area (Å²) in [5.41, 5.74) is 1.63. The predicted octanol–water partition coefficient (Wildman–Crippen LogP) is 2.64. The summed E-state index contributed by atoms with van der Waals surface area (Å²) >= 11 is 0. The number of hydrogen-bond donors (Lipinski definition) is 1. The molecule has 6 nitrogen and oxygen atoms in total. The van der Waals surface area contributed by atoms with Crippen LogP contribution in [0.25, 0.3) is 0 Å². The molecule has 2 aliphatic rings. The van der Waals surface area contributed by atoms with Crippen molar-refractivity contribution in [3.05, 3.63) is 29.8 Å². The van der Waals surface area contributed by atoms with E-state index in [1.54, 1.807) is 0 Å². The molecule has 1 N–H and O–H groups in total. The Labute approximate surface area is 156 Å². The Bertz CT molecular complexity index is 673. The Morgan fingerprint density at radius 3 is 2.46 bits per heavy atom. The molecule has 26 heavy (non-hydrogen) atoms. The highest BCUT2D eigenvalue weighted by molar-refractivity contribution is 6.07. The van der Waals surface area contributed by atoms with E-state index in [0.717, 1.165) is 36.9 Å². The molecule has 1 aromatic rings. The molecule has 0 bridgehead atoms. The van der Waals surface area contributed by atoms with Crippen LogP contribution in [-0.2, 0) is 11.3 Å². The van der Waals surface area contributed by atoms with Crippen LogP contribution >= 0.6 is 0 Å². The molecule has 1 spiro atoms. The lowest BCUT2D eigenvalue weighted by molar-refractivity contribution is -0.135. The lowest BCUT2D eigenvalue weighted by Gasteiger charge is -2.37. The van der Waals surface area contributed by atoms with E-state index in [0.29, 0.717) is 13.2 Å². The zero-order valence-corrected chi connectivity index (χ0v) is 16.3. The van der Waals surface area contributed by atoms with Crippen LogP contribution in [0.4, 0.5) is 10.5 Å². The van der Waals surface area contributed by atoms with Gasteiger partial charge in [-0.2, -0.15) is 0 Å². The molecule has 1 aliphatic carbocycles. The van der Waals surface area contributed by atoms with Crippen LogP contribution in [0.2, 0.25) is 0 Å². The van der Waals surface area contributed by atoms with Crippen LogP contribution in [0.5, 0.6) is 0 Å². The number of rotatable bonds is 5. The molecule has 2 atom stereocenters. The van der Waals surface area contributed by atoms with Gasteiger partial charge in [0, 0.05) is 26.3 Å². The average molecular weight is 358 g/mol. The van der Waals surface area contributed by atoms with Gasteiger partial charge in [-0.05, 0) is 43.5 Å². The van der Waals surface area contributed by atoms with E-state index in [4.69, 9.17) is 0 Å². The average Bonchev–Trinajstić information content (AvgIpc) is 2.83. The van der Waals surface area contributed by atoms with E-state index in [9.17, 15) is 9.59 Å². The largest absolute Gasteiger partial charge is 0.378 e. The maximum Gasteiger partial charge on any atom is 0.326 e. The number of imide groups is 1. The number of carbonyl (C=O) groups is 2. The lowest BCUT2D eigenvalue weighted by Crippen LogP contribution is -2.54. The van der Waals surface area contributed by atoms with Gasteiger partial charge < -0.3 is 10.2 Å². The quantitative estimate of drug-likeness (QED) is 0.822. The minimum atomic E-state index is -0.677. The summed E-state index contributed by atoms with van der Waals surface area (Å²) in [6.45, 7) is 3.08. The van der Waals surface area contributed by atoms with E-state index in [-0.39, 0.29) is 17.9 Å². The van der Waals surface area contributed by atoms with Crippen LogP contribution in [0.3, 0.4) is 0 Å². The van der Waals surface area contributed by atoms with Gasteiger partial charge in [0.2, 0.25) is 0 Å². The lowest BCUT2D eigenvalue weighted by atomic mass is 9.73. The first kappa shape index (κ1) is 18.7. The first-order chi connectivity index (χ1) is 12.3. The van der Waals surface area contributed by atoms with Crippen molar-refractivity contribution in [3.8, 4) is 0 Å². The summed E-state index contributed by atoms with van der Waals surface area (Å²) in [6, 6.07) is 8.08. The minimum absolute atomic E-state index is 0.0514. The summed E-state index contributed by atoms with van der Waals surface area (Å²) in [5.74, 6) is 0.145. The summed E-state index contributed by atoms with van der Waals surface area (Å²) < 4.78 is 0. The van der Waals surface area contributed by atoms with Gasteiger partial charge in [-0.15, -0.1) is 0 Å². The van der Waals surface area contributed by atoms with Gasteiger partial charge in [0.15, 0.2) is 0 Å². The Balaban J connectivity index is 1.64. The molecule has 0 aromatic heterocycles. The van der Waals surface area contributed by atoms with Gasteiger partial charge in [-0.3, -0.25) is 9.69 Å². The second-order valence-electron chi connectivity index (χ2n) is 8.00. The zero-order valence-electron chi connectivity index (χ0n) is 16.3. The van der Waals surface area contributed by atoms with Crippen molar-refractivity contribution in [1.29, 1.82) is 0 Å². The highest BCUT2D eigenvalue weighted by Crippen LogP contribution is 2.38. The summed E-state index contributed by atoms with van der Waals surface area (Å²) in [6.07, 6.45) is 3.88. The number of anilines is 1. The molecule has 142 valence electrons. The summed E-state index contributed by atoms with van der Waals surface area (Å²) in [4.78, 5) is 30.9. The van der Waals surface area contributed by atoms with E-state index < -0.39 is 5.54 Å². The SMILES string of the molecule is C[C@H]1CCCC[C@@]12NC(=O)N(CN(C)Cc1ccc(N(C)C)cc1)C2=O. The zero-order chi connectivity index (χ0) is 18.9. The van der Waals surface area contributed by atoms with Crippen molar-refractivity contribution in [2.24, 2.45) is 5.92 Å². The number of benzene rings is 1. The smallest absolute Gasteiger partial charge is 0.326 e. The van der Waals surface area contributed by atoms with Gasteiger partial charge in [0.1, 0.15) is 5.54 Å². The Morgan fingerprint density at radius 1 is 1.15 bits per heavy atom. The molecule has 1 aromatic carbocycles. The maximum absolute atomic E-state index is 13.0. The predicted molar refractivity (Wildman–Crippen MR) is 103 cm³/mol. The second-order valence-corrected chi connectivity index (χ2v) is 8.00. The van der Waals surface area contributed by atoms with E-state index in [2.05, 4.69) is 41.4 Å². The topological polar surface area (TPSA) is 55.9 Å². The van der Waals surface area contributed by atoms with E-state index in [1.165, 1.54) is 4.90 Å². The third-order valence-electron chi connectivity index (χ3n) is 5.79. The highest BCUT2D eigenvalue weighted by atomic mass is 16.2. The molecule has 1 saturated carbocycles. The molecule has 6 heteroatoms. The van der Waals surface area contributed by atoms with Crippen molar-refractivity contribution < 1.29 is 9.59 Å². The summed E-state index contributed by atoms with van der Waals surface area (Å²) in [5, 5.41) is 3.01. The number of urea groups is 1. The van der Waals surface area contributed by atoms with Gasteiger partial charge >= 0.3 is 6.03 Å². The molecular weight excluding hydrogens is 328 g/mol. The van der Waals surface area contributed by atoms with Gasteiger partial charge in [-0.1, -0.05) is 31.9 Å². The molecule has 2 fully saturated rings. The van der Waals surface area contributed by atoms with Crippen LogP contribution in [0.1, 0.15) is 38.2 Å². The van der Waals surface area contributed by atoms with Crippen LogP contribution < -0.4 is 10.2 Å². The number of nitrogens with one attached hydrogen (secondary N) is 1. The van der Waals surface area contributed by atoms with Gasteiger partial charge in [0.25, 0.3) is 5.91 Å². The molecule has 0 unspecified atom stereocenters. The van der Waals surface area contributed by atoms with Crippen molar-refractivity contribution in [2.75, 3.05) is 32.7 Å². The van der Waals surface area contributed by atoms with Crippen molar-refractivity contribution in [2.45, 2.75) is 44.7 Å². The van der Waals surface area contributed by atoms with Crippen LogP contribution in [0, 0.1) is 5.92 Å². The van der Waals surface area contributed by atoms with Gasteiger partial charge in [-0.25, -0.2) is 9.69 Å². The first-order valence-electron chi connectivity index (χ1n) is 9.42. The first-order valence-corrected chi connectivity index (χ1v) is 9.42. The molecule has 1 saturated heterocycles. The van der Waals surface area contributed by atoms with E-state index in [1.807, 2.05) is 26.0 Å². The fourth-order valence-corrected chi connectivity index (χ4v) is 4.13. The third-order valence-corrected chi connectivity index (χ3v) is 5.79. The summed E-state index contributed by atoms with van der Waals surface area (Å²) in [7, 11) is 5.97. The standard InChI is InChI=1S/C20H30N4O2/c1-15-7-5-6-12-20(15)18(25)24(19(26)21-20)14-23(4)13-16-8-10-17(11-9-16)22(2)3/h8-11,15H,5-7,12-14H2,1-4H3,(H,21,26)/t15-,20+/m0/s1. The number of hydrogen-bond acceptors (Lipinski definition) is 4. The maximum atomic E-state index is 13.0. The minimum Gasteiger partial charge on any atom is -0.378 e. The number of amides is 3. The Morgan fingerprint density at radius 2 is 1.85 bits per heavy atom. The molecule has 1 aliphatic heterocycles. The second kappa shape index (κ2) is 7.27.